The highest BCUT2D eigenvalue weighted by molar-refractivity contribution is 7.99. The molecule has 0 saturated carbocycles. The van der Waals surface area contributed by atoms with Crippen LogP contribution in [0.1, 0.15) is 23.8 Å². The summed E-state index contributed by atoms with van der Waals surface area (Å²) < 4.78 is 0. The van der Waals surface area contributed by atoms with Crippen molar-refractivity contribution in [2.75, 3.05) is 6.54 Å². The summed E-state index contributed by atoms with van der Waals surface area (Å²) in [5.74, 6) is -0.248. The van der Waals surface area contributed by atoms with Crippen LogP contribution in [0.4, 0.5) is 0 Å². The SMILES string of the molecule is CC(N)CCNC(=O)c1ccc(Sc2ccccc2Cl)nn1.Cl. The number of amides is 1. The summed E-state index contributed by atoms with van der Waals surface area (Å²) in [7, 11) is 0. The lowest BCUT2D eigenvalue weighted by molar-refractivity contribution is 0.0946. The van der Waals surface area contributed by atoms with Crippen molar-refractivity contribution >= 4 is 41.7 Å². The average molecular weight is 373 g/mol. The summed E-state index contributed by atoms with van der Waals surface area (Å²) in [5.41, 5.74) is 5.92. The molecule has 124 valence electrons. The van der Waals surface area contributed by atoms with E-state index in [4.69, 9.17) is 17.3 Å². The molecule has 0 radical (unpaired) electrons. The molecule has 2 rings (SSSR count). The number of carbonyl (C=O) groups is 1. The van der Waals surface area contributed by atoms with Gasteiger partial charge in [-0.15, -0.1) is 22.6 Å². The number of hydrogen-bond acceptors (Lipinski definition) is 5. The Morgan fingerprint density at radius 2 is 2.04 bits per heavy atom. The molecule has 0 saturated heterocycles. The minimum atomic E-state index is -0.248. The lowest BCUT2D eigenvalue weighted by Crippen LogP contribution is -2.29. The van der Waals surface area contributed by atoms with Crippen LogP contribution in [0, 0.1) is 0 Å². The molecule has 0 bridgehead atoms. The van der Waals surface area contributed by atoms with Gasteiger partial charge in [0.25, 0.3) is 5.91 Å². The smallest absolute Gasteiger partial charge is 0.271 e. The Labute approximate surface area is 150 Å². The quantitative estimate of drug-likeness (QED) is 0.813. The molecule has 0 fully saturated rings. The second-order valence-electron chi connectivity index (χ2n) is 4.81. The first-order valence-electron chi connectivity index (χ1n) is 6.86. The lowest BCUT2D eigenvalue weighted by Gasteiger charge is -2.07. The maximum atomic E-state index is 11.9. The van der Waals surface area contributed by atoms with Gasteiger partial charge in [-0.25, -0.2) is 0 Å². The van der Waals surface area contributed by atoms with E-state index in [0.717, 1.165) is 11.3 Å². The normalized spacial score (nSPS) is 11.4. The summed E-state index contributed by atoms with van der Waals surface area (Å²) in [4.78, 5) is 12.8. The van der Waals surface area contributed by atoms with Crippen LogP contribution >= 0.6 is 35.8 Å². The molecule has 0 aliphatic heterocycles. The van der Waals surface area contributed by atoms with E-state index in [9.17, 15) is 4.79 Å². The van der Waals surface area contributed by atoms with Crippen LogP contribution in [-0.2, 0) is 0 Å². The number of nitrogens with zero attached hydrogens (tertiary/aromatic N) is 2. The van der Waals surface area contributed by atoms with E-state index >= 15 is 0 Å². The van der Waals surface area contributed by atoms with Crippen LogP contribution in [0.3, 0.4) is 0 Å². The number of nitrogens with two attached hydrogens (primary N) is 1. The van der Waals surface area contributed by atoms with Gasteiger partial charge in [-0.1, -0.05) is 35.5 Å². The Balaban J connectivity index is 0.00000264. The van der Waals surface area contributed by atoms with Crippen LogP contribution < -0.4 is 11.1 Å². The van der Waals surface area contributed by atoms with Crippen molar-refractivity contribution in [3.63, 3.8) is 0 Å². The van der Waals surface area contributed by atoms with Gasteiger partial charge in [0.05, 0.1) is 5.02 Å². The molecule has 1 atom stereocenters. The first kappa shape index (κ1) is 19.7. The van der Waals surface area contributed by atoms with Crippen LogP contribution in [0.5, 0.6) is 0 Å². The van der Waals surface area contributed by atoms with E-state index in [1.807, 2.05) is 31.2 Å². The van der Waals surface area contributed by atoms with Gasteiger partial charge in [0.2, 0.25) is 0 Å². The van der Waals surface area contributed by atoms with Gasteiger partial charge in [-0.2, -0.15) is 0 Å². The number of halogens is 2. The third kappa shape index (κ3) is 6.35. The second-order valence-corrected chi connectivity index (χ2v) is 6.28. The monoisotopic (exact) mass is 372 g/mol. The molecular weight excluding hydrogens is 355 g/mol. The molecule has 1 unspecified atom stereocenters. The average Bonchev–Trinajstić information content (AvgIpc) is 2.50. The minimum Gasteiger partial charge on any atom is -0.351 e. The van der Waals surface area contributed by atoms with Gasteiger partial charge in [0.1, 0.15) is 5.03 Å². The van der Waals surface area contributed by atoms with E-state index in [2.05, 4.69) is 15.5 Å². The lowest BCUT2D eigenvalue weighted by atomic mass is 10.2. The number of rotatable bonds is 6. The molecule has 0 aliphatic rings. The fourth-order valence-corrected chi connectivity index (χ4v) is 2.65. The maximum Gasteiger partial charge on any atom is 0.271 e. The summed E-state index contributed by atoms with van der Waals surface area (Å²) in [5, 5.41) is 12.1. The first-order valence-corrected chi connectivity index (χ1v) is 8.05. The highest BCUT2D eigenvalue weighted by Gasteiger charge is 2.09. The number of benzene rings is 1. The third-order valence-electron chi connectivity index (χ3n) is 2.81. The predicted octanol–water partition coefficient (Wildman–Crippen LogP) is 3.17. The van der Waals surface area contributed by atoms with Crippen molar-refractivity contribution in [1.82, 2.24) is 15.5 Å². The molecule has 2 aromatic rings. The number of nitrogens with one attached hydrogen (secondary N) is 1. The van der Waals surface area contributed by atoms with Gasteiger partial charge < -0.3 is 11.1 Å². The molecule has 1 amide bonds. The molecule has 1 heterocycles. The zero-order chi connectivity index (χ0) is 15.9. The van der Waals surface area contributed by atoms with E-state index in [-0.39, 0.29) is 30.0 Å². The number of hydrogen-bond donors (Lipinski definition) is 2. The van der Waals surface area contributed by atoms with Gasteiger partial charge in [0.15, 0.2) is 5.69 Å². The highest BCUT2D eigenvalue weighted by Crippen LogP contribution is 2.31. The third-order valence-corrected chi connectivity index (χ3v) is 4.25. The van der Waals surface area contributed by atoms with E-state index in [1.54, 1.807) is 12.1 Å². The number of carbonyl (C=O) groups excluding carboxylic acids is 1. The molecule has 5 nitrogen and oxygen atoms in total. The van der Waals surface area contributed by atoms with Crippen molar-refractivity contribution in [1.29, 1.82) is 0 Å². The molecular formula is C15H18Cl2N4OS. The first-order chi connectivity index (χ1) is 10.6. The molecule has 1 aromatic carbocycles. The molecule has 3 N–H and O–H groups in total. The topological polar surface area (TPSA) is 80.9 Å². The van der Waals surface area contributed by atoms with Crippen LogP contribution in [0.2, 0.25) is 5.02 Å². The van der Waals surface area contributed by atoms with Crippen molar-refractivity contribution in [2.24, 2.45) is 5.73 Å². The van der Waals surface area contributed by atoms with Crippen LogP contribution in [-0.4, -0.2) is 28.7 Å². The standard InChI is InChI=1S/C15H17ClN4OS.ClH/c1-10(17)8-9-18-15(21)12-6-7-14(20-19-12)22-13-5-3-2-4-11(13)16;/h2-7,10H,8-9,17H2,1H3,(H,18,21);1H. The van der Waals surface area contributed by atoms with Crippen molar-refractivity contribution < 1.29 is 4.79 Å². The van der Waals surface area contributed by atoms with E-state index in [0.29, 0.717) is 16.6 Å². The summed E-state index contributed by atoms with van der Waals surface area (Å²) in [6.45, 7) is 2.42. The van der Waals surface area contributed by atoms with Crippen molar-refractivity contribution in [3.8, 4) is 0 Å². The molecule has 23 heavy (non-hydrogen) atoms. The summed E-state index contributed by atoms with van der Waals surface area (Å²) in [6.07, 6.45) is 0.722. The zero-order valence-corrected chi connectivity index (χ0v) is 14.9. The Bertz CT molecular complexity index is 638. The predicted molar refractivity (Wildman–Crippen MR) is 95.5 cm³/mol. The number of aromatic nitrogens is 2. The Morgan fingerprint density at radius 1 is 1.30 bits per heavy atom. The zero-order valence-electron chi connectivity index (χ0n) is 12.5. The van der Waals surface area contributed by atoms with E-state index in [1.165, 1.54) is 11.8 Å². The van der Waals surface area contributed by atoms with Gasteiger partial charge >= 0.3 is 0 Å². The van der Waals surface area contributed by atoms with Crippen molar-refractivity contribution in [2.45, 2.75) is 29.3 Å². The molecule has 0 aliphatic carbocycles. The molecule has 0 spiro atoms. The summed E-state index contributed by atoms with van der Waals surface area (Å²) >= 11 is 7.50. The molecule has 1 aromatic heterocycles. The maximum absolute atomic E-state index is 11.9. The largest absolute Gasteiger partial charge is 0.351 e. The van der Waals surface area contributed by atoms with Crippen LogP contribution in [0.25, 0.3) is 0 Å². The van der Waals surface area contributed by atoms with Gasteiger partial charge in [0, 0.05) is 17.5 Å². The fraction of sp³-hybridized carbons (Fsp3) is 0.267. The Kier molecular flexibility index (Phi) is 8.33. The second kappa shape index (κ2) is 9.72. The van der Waals surface area contributed by atoms with Crippen LogP contribution in [0.15, 0.2) is 46.3 Å². The molecule has 8 heteroatoms. The van der Waals surface area contributed by atoms with Gasteiger partial charge in [-0.3, -0.25) is 4.79 Å². The minimum absolute atomic E-state index is 0. The fourth-order valence-electron chi connectivity index (χ4n) is 1.64. The highest BCUT2D eigenvalue weighted by atomic mass is 35.5. The Morgan fingerprint density at radius 3 is 2.65 bits per heavy atom. The van der Waals surface area contributed by atoms with Gasteiger partial charge in [-0.05, 0) is 37.6 Å². The Hall–Kier alpha value is -1.34. The van der Waals surface area contributed by atoms with E-state index < -0.39 is 0 Å². The van der Waals surface area contributed by atoms with Crippen molar-refractivity contribution in [3.05, 3.63) is 47.1 Å². The summed E-state index contributed by atoms with van der Waals surface area (Å²) in [6, 6.07) is 11.0.